The van der Waals surface area contributed by atoms with Gasteiger partial charge < -0.3 is 4.79 Å². The van der Waals surface area contributed by atoms with Crippen LogP contribution < -0.4 is 0 Å². The van der Waals surface area contributed by atoms with Crippen molar-refractivity contribution in [3.05, 3.63) is 28.5 Å². The van der Waals surface area contributed by atoms with Gasteiger partial charge in [0.1, 0.15) is 10.9 Å². The quantitative estimate of drug-likeness (QED) is 0.473. The van der Waals surface area contributed by atoms with Crippen LogP contribution in [0.25, 0.3) is 0 Å². The van der Waals surface area contributed by atoms with E-state index in [2.05, 4.69) is 36.8 Å². The highest BCUT2D eigenvalue weighted by atomic mass is 79.9. The van der Waals surface area contributed by atoms with Crippen molar-refractivity contribution in [1.29, 1.82) is 0 Å². The van der Waals surface area contributed by atoms with E-state index in [0.29, 0.717) is 0 Å². The maximum absolute atomic E-state index is 10.3. The lowest BCUT2D eigenvalue weighted by Crippen LogP contribution is -1.90. The second kappa shape index (κ2) is 3.97. The van der Waals surface area contributed by atoms with E-state index in [1.54, 1.807) is 18.3 Å². The third-order valence-corrected chi connectivity index (χ3v) is 2.37. The number of hydrogen-bond donors (Lipinski definition) is 0. The summed E-state index contributed by atoms with van der Waals surface area (Å²) < 4.78 is 0.737. The summed E-state index contributed by atoms with van der Waals surface area (Å²) in [7, 11) is 0. The zero-order valence-corrected chi connectivity index (χ0v) is 8.67. The number of pyridine rings is 1. The fourth-order valence-corrected chi connectivity index (χ4v) is 1.33. The van der Waals surface area contributed by atoms with Crippen LogP contribution in [0.1, 0.15) is 10.4 Å². The molecule has 0 bridgehead atoms. The Labute approximate surface area is 81.3 Å². The van der Waals surface area contributed by atoms with Crippen molar-refractivity contribution in [3.63, 3.8) is 0 Å². The molecule has 0 aliphatic carbocycles. The summed E-state index contributed by atoms with van der Waals surface area (Å²) in [6.07, 6.45) is 2.49. The molecule has 0 spiro atoms. The van der Waals surface area contributed by atoms with Gasteiger partial charge in [-0.1, -0.05) is 15.9 Å². The average molecular weight is 279 g/mol. The second-order valence-corrected chi connectivity index (χ2v) is 3.75. The van der Waals surface area contributed by atoms with Crippen LogP contribution >= 0.6 is 31.9 Å². The molecule has 1 heterocycles. The van der Waals surface area contributed by atoms with Gasteiger partial charge in [-0.2, -0.15) is 0 Å². The van der Waals surface area contributed by atoms with E-state index in [0.717, 1.165) is 16.5 Å². The Hall–Kier alpha value is -0.220. The zero-order chi connectivity index (χ0) is 8.27. The molecule has 1 aromatic heterocycles. The first-order valence-electron chi connectivity index (χ1n) is 2.95. The molecule has 0 saturated carbocycles. The molecule has 0 amide bonds. The molecule has 11 heavy (non-hydrogen) atoms. The zero-order valence-electron chi connectivity index (χ0n) is 5.50. The number of carbonyl (C=O) groups excluding carboxylic acids is 1. The van der Waals surface area contributed by atoms with Gasteiger partial charge in [0.15, 0.2) is 0 Å². The highest BCUT2D eigenvalue weighted by molar-refractivity contribution is 9.10. The molecule has 0 saturated heterocycles. The molecule has 1 aromatic rings. The second-order valence-electron chi connectivity index (χ2n) is 1.95. The largest absolute Gasteiger partial charge is 0.302 e. The highest BCUT2D eigenvalue weighted by Gasteiger charge is 2.04. The Kier molecular flexibility index (Phi) is 3.20. The lowest BCUT2D eigenvalue weighted by Gasteiger charge is -2.00. The summed E-state index contributed by atoms with van der Waals surface area (Å²) in [5, 5.41) is 0. The van der Waals surface area contributed by atoms with Gasteiger partial charge >= 0.3 is 0 Å². The van der Waals surface area contributed by atoms with Crippen LogP contribution in [-0.2, 0) is 4.79 Å². The predicted molar refractivity (Wildman–Crippen MR) is 49.7 cm³/mol. The summed E-state index contributed by atoms with van der Waals surface area (Å²) in [6.45, 7) is 0. The predicted octanol–water partition coefficient (Wildman–Crippen LogP) is 2.48. The van der Waals surface area contributed by atoms with Gasteiger partial charge in [0.25, 0.3) is 0 Å². The van der Waals surface area contributed by atoms with Gasteiger partial charge in [-0.15, -0.1) is 0 Å². The topological polar surface area (TPSA) is 30.0 Å². The third-order valence-electron chi connectivity index (χ3n) is 1.19. The summed E-state index contributed by atoms with van der Waals surface area (Å²) in [4.78, 5) is 14.0. The van der Waals surface area contributed by atoms with E-state index in [-0.39, 0.29) is 4.83 Å². The first-order valence-corrected chi connectivity index (χ1v) is 4.65. The number of alkyl halides is 1. The maximum Gasteiger partial charge on any atom is 0.138 e. The molecule has 58 valence electrons. The van der Waals surface area contributed by atoms with Gasteiger partial charge in [0.05, 0.1) is 4.83 Å². The first-order chi connectivity index (χ1) is 5.24. The van der Waals surface area contributed by atoms with Crippen LogP contribution in [0.15, 0.2) is 22.9 Å². The van der Waals surface area contributed by atoms with Crippen molar-refractivity contribution in [1.82, 2.24) is 4.98 Å². The molecule has 0 fully saturated rings. The van der Waals surface area contributed by atoms with E-state index >= 15 is 0 Å². The third kappa shape index (κ3) is 2.38. The molecular formula is C7H5Br2NO. The lowest BCUT2D eigenvalue weighted by atomic mass is 10.2. The fraction of sp³-hybridized carbons (Fsp3) is 0.143. The molecule has 0 aliphatic heterocycles. The molecule has 1 rings (SSSR count). The molecular weight excluding hydrogens is 274 g/mol. The van der Waals surface area contributed by atoms with Crippen LogP contribution in [0, 0.1) is 0 Å². The molecule has 0 radical (unpaired) electrons. The molecule has 1 atom stereocenters. The van der Waals surface area contributed by atoms with E-state index in [9.17, 15) is 4.79 Å². The molecule has 0 N–H and O–H groups in total. The minimum atomic E-state index is -0.234. The summed E-state index contributed by atoms with van der Waals surface area (Å²) in [5.74, 6) is 0. The number of halogens is 2. The van der Waals surface area contributed by atoms with Gasteiger partial charge in [-0.25, -0.2) is 4.98 Å². The highest BCUT2D eigenvalue weighted by Crippen LogP contribution is 2.21. The van der Waals surface area contributed by atoms with Crippen LogP contribution in [0.2, 0.25) is 0 Å². The Morgan fingerprint density at radius 2 is 2.36 bits per heavy atom. The molecule has 0 aromatic carbocycles. The van der Waals surface area contributed by atoms with Crippen molar-refractivity contribution < 1.29 is 4.79 Å². The summed E-state index contributed by atoms with van der Waals surface area (Å²) >= 11 is 6.41. The van der Waals surface area contributed by atoms with E-state index in [1.165, 1.54) is 0 Å². The Morgan fingerprint density at radius 3 is 2.91 bits per heavy atom. The number of hydrogen-bond acceptors (Lipinski definition) is 2. The molecule has 0 aliphatic rings. The smallest absolute Gasteiger partial charge is 0.138 e. The number of nitrogens with zero attached hydrogens (tertiary/aromatic N) is 1. The standard InChI is InChI=1S/C7H5Br2NO/c8-6(4-11)5-1-2-10-7(9)3-5/h1-4,6H/t6-/m1/s1. The van der Waals surface area contributed by atoms with Crippen molar-refractivity contribution in [2.75, 3.05) is 0 Å². The van der Waals surface area contributed by atoms with Gasteiger partial charge in [0.2, 0.25) is 0 Å². The molecule has 0 unspecified atom stereocenters. The van der Waals surface area contributed by atoms with Crippen LogP contribution in [0.3, 0.4) is 0 Å². The first kappa shape index (κ1) is 8.87. The van der Waals surface area contributed by atoms with Gasteiger partial charge in [-0.3, -0.25) is 0 Å². The van der Waals surface area contributed by atoms with Gasteiger partial charge in [-0.05, 0) is 33.6 Å². The summed E-state index contributed by atoms with van der Waals surface area (Å²) in [5.41, 5.74) is 0.905. The molecule has 4 heteroatoms. The number of aromatic nitrogens is 1. The van der Waals surface area contributed by atoms with E-state index in [1.807, 2.05) is 0 Å². The van der Waals surface area contributed by atoms with Gasteiger partial charge in [0, 0.05) is 6.20 Å². The normalized spacial score (nSPS) is 12.5. The Balaban J connectivity index is 2.95. The van der Waals surface area contributed by atoms with Crippen LogP contribution in [-0.4, -0.2) is 11.3 Å². The SMILES string of the molecule is O=C[C@@H](Br)c1ccnc(Br)c1. The minimum absolute atomic E-state index is 0.234. The number of aldehydes is 1. The van der Waals surface area contributed by atoms with Crippen molar-refractivity contribution >= 4 is 38.1 Å². The molecule has 2 nitrogen and oxygen atoms in total. The fourth-order valence-electron chi connectivity index (χ4n) is 0.668. The Morgan fingerprint density at radius 1 is 1.64 bits per heavy atom. The Bertz CT molecular complexity index is 264. The number of carbonyl (C=O) groups is 1. The van der Waals surface area contributed by atoms with E-state index in [4.69, 9.17) is 0 Å². The minimum Gasteiger partial charge on any atom is -0.302 e. The summed E-state index contributed by atoms with van der Waals surface area (Å²) in [6, 6.07) is 3.59. The van der Waals surface area contributed by atoms with Crippen molar-refractivity contribution in [2.24, 2.45) is 0 Å². The van der Waals surface area contributed by atoms with Crippen molar-refractivity contribution in [2.45, 2.75) is 4.83 Å². The average Bonchev–Trinajstić information content (AvgIpc) is 2.03. The van der Waals surface area contributed by atoms with Crippen LogP contribution in [0.4, 0.5) is 0 Å². The number of rotatable bonds is 2. The van der Waals surface area contributed by atoms with Crippen molar-refractivity contribution in [3.8, 4) is 0 Å². The van der Waals surface area contributed by atoms with E-state index < -0.39 is 0 Å². The monoisotopic (exact) mass is 277 g/mol. The lowest BCUT2D eigenvalue weighted by molar-refractivity contribution is -0.107. The van der Waals surface area contributed by atoms with Crippen LogP contribution in [0.5, 0.6) is 0 Å². The maximum atomic E-state index is 10.3.